The number of imide groups is 1. The lowest BCUT2D eigenvalue weighted by Gasteiger charge is -2.09. The molecule has 0 radical (unpaired) electrons. The zero-order chi connectivity index (χ0) is 30.5. The Morgan fingerprint density at radius 1 is 0.957 bits per heavy atom. The first-order valence-corrected chi connectivity index (χ1v) is 14.9. The van der Waals surface area contributed by atoms with Gasteiger partial charge >= 0.3 is 0 Å². The predicted molar refractivity (Wildman–Crippen MR) is 181 cm³/mol. The van der Waals surface area contributed by atoms with Gasteiger partial charge in [-0.1, -0.05) is 36.0 Å². The normalized spacial score (nSPS) is 13.8. The van der Waals surface area contributed by atoms with E-state index in [9.17, 15) is 14.4 Å². The molecule has 3 aromatic carbocycles. The molecule has 0 spiro atoms. The molecule has 238 valence electrons. The molecule has 1 atom stereocenters. The van der Waals surface area contributed by atoms with Crippen molar-refractivity contribution in [2.24, 2.45) is 7.05 Å². The van der Waals surface area contributed by atoms with Gasteiger partial charge in [0.1, 0.15) is 29.7 Å². The molecule has 13 heteroatoms. The van der Waals surface area contributed by atoms with Crippen LogP contribution in [0, 0.1) is 0 Å². The zero-order valence-electron chi connectivity index (χ0n) is 24.7. The van der Waals surface area contributed by atoms with Gasteiger partial charge in [0.15, 0.2) is 0 Å². The number of nitrogens with zero attached hydrogens (tertiary/aromatic N) is 3. The van der Waals surface area contributed by atoms with Gasteiger partial charge in [-0.25, -0.2) is 4.98 Å². The molecule has 1 saturated heterocycles. The molecule has 0 bridgehead atoms. The monoisotopic (exact) mass is 679 g/mol. The molecule has 2 aromatic heterocycles. The van der Waals surface area contributed by atoms with Gasteiger partial charge in [0.25, 0.3) is 11.1 Å². The van der Waals surface area contributed by atoms with Gasteiger partial charge in [0, 0.05) is 32.1 Å². The summed E-state index contributed by atoms with van der Waals surface area (Å²) >= 11 is 1.02. The number of aryl methyl sites for hydroxylation is 1. The minimum absolute atomic E-state index is 0. The average molecular weight is 681 g/mol. The number of pyridine rings is 1. The minimum Gasteiger partial charge on any atom is -0.486 e. The number of hydrogen-bond donors (Lipinski definition) is 2. The number of carbonyl (C=O) groups excluding carboxylic acids is 3. The van der Waals surface area contributed by atoms with Crippen molar-refractivity contribution < 1.29 is 23.9 Å². The van der Waals surface area contributed by atoms with Crippen LogP contribution in [0.2, 0.25) is 0 Å². The quantitative estimate of drug-likeness (QED) is 0.173. The number of hydrogen-bond acceptors (Lipinski definition) is 8. The first-order chi connectivity index (χ1) is 21.4. The van der Waals surface area contributed by atoms with Crippen LogP contribution in [0.3, 0.4) is 0 Å². The van der Waals surface area contributed by atoms with Crippen LogP contribution in [0.5, 0.6) is 17.2 Å². The number of imidazole rings is 1. The Morgan fingerprint density at radius 2 is 1.67 bits per heavy atom. The smallest absolute Gasteiger partial charge is 0.286 e. The lowest BCUT2D eigenvalue weighted by atomic mass is 10.1. The number of fused-ring (bicyclic) bond motifs is 1. The van der Waals surface area contributed by atoms with Gasteiger partial charge in [-0.3, -0.25) is 24.7 Å². The number of carbonyl (C=O) groups is 3. The van der Waals surface area contributed by atoms with Crippen molar-refractivity contribution in [1.82, 2.24) is 25.2 Å². The van der Waals surface area contributed by atoms with Crippen LogP contribution in [0.4, 0.5) is 4.79 Å². The summed E-state index contributed by atoms with van der Waals surface area (Å²) in [5.74, 6) is 2.46. The molecule has 3 heterocycles. The summed E-state index contributed by atoms with van der Waals surface area (Å²) in [5.41, 5.74) is 4.33. The summed E-state index contributed by atoms with van der Waals surface area (Å²) in [6.45, 7) is 0.797. The van der Waals surface area contributed by atoms with Crippen molar-refractivity contribution in [3.63, 3.8) is 0 Å². The highest BCUT2D eigenvalue weighted by Gasteiger charge is 2.31. The second-order valence-electron chi connectivity index (χ2n) is 10.3. The maximum Gasteiger partial charge on any atom is 0.286 e. The first kappa shape index (κ1) is 34.3. The summed E-state index contributed by atoms with van der Waals surface area (Å²) in [6, 6.07) is 24.5. The fraction of sp³-hybridized carbons (Fsp3) is 0.182. The molecule has 10 nitrogen and oxygen atoms in total. The Labute approximate surface area is 282 Å². The van der Waals surface area contributed by atoms with Gasteiger partial charge in [-0.2, -0.15) is 0 Å². The maximum atomic E-state index is 12.2. The van der Waals surface area contributed by atoms with Gasteiger partial charge in [0.05, 0.1) is 21.8 Å². The molecule has 3 amide bonds. The molecule has 5 aromatic rings. The van der Waals surface area contributed by atoms with Gasteiger partial charge in [-0.05, 0) is 72.5 Å². The Kier molecular flexibility index (Phi) is 11.6. The minimum atomic E-state index is -0.397. The number of benzene rings is 3. The van der Waals surface area contributed by atoms with E-state index in [2.05, 4.69) is 15.6 Å². The van der Waals surface area contributed by atoms with Crippen molar-refractivity contribution in [2.45, 2.75) is 24.7 Å². The molecule has 0 aliphatic carbocycles. The van der Waals surface area contributed by atoms with Crippen LogP contribution in [0.15, 0.2) is 91.3 Å². The van der Waals surface area contributed by atoms with Crippen LogP contribution in [-0.4, -0.2) is 43.4 Å². The van der Waals surface area contributed by atoms with Crippen LogP contribution >= 0.6 is 36.6 Å². The molecule has 1 unspecified atom stereocenters. The fourth-order valence-electron chi connectivity index (χ4n) is 4.80. The third-order valence-electron chi connectivity index (χ3n) is 7.21. The highest BCUT2D eigenvalue weighted by molar-refractivity contribution is 8.15. The largest absolute Gasteiger partial charge is 0.486 e. The third-order valence-corrected chi connectivity index (χ3v) is 8.19. The summed E-state index contributed by atoms with van der Waals surface area (Å²) in [4.78, 5) is 44.1. The fourth-order valence-corrected chi connectivity index (χ4v) is 5.66. The predicted octanol–water partition coefficient (Wildman–Crippen LogP) is 6.05. The lowest BCUT2D eigenvalue weighted by Crippen LogP contribution is -2.25. The van der Waals surface area contributed by atoms with E-state index in [-0.39, 0.29) is 48.5 Å². The van der Waals surface area contributed by atoms with Crippen molar-refractivity contribution >= 4 is 64.7 Å². The molecular formula is C33H31Cl2N5O5S. The zero-order valence-corrected chi connectivity index (χ0v) is 27.1. The SMILES string of the molecule is Cl.Cl.Cn1c(COc2ccc(CC3SC(=O)NC3=O)cc2)nc2ccc(Oc3ccc(CCNC(=O)c4cccnc4)cc3)cc21. The standard InChI is InChI=1S/C33H29N5O5S.2ClH/c1-38-28-18-26(43-25-10-4-21(5-11-25)14-16-35-31(39)23-3-2-15-34-19-23)12-13-27(28)36-30(38)20-42-24-8-6-22(7-9-24)17-29-32(40)37-33(41)44-29;;/h2-13,15,18-19,29H,14,16-17,20H2,1H3,(H,35,39)(H,37,40,41);2*1H. The number of halogens is 2. The second-order valence-corrected chi connectivity index (χ2v) is 11.4. The second kappa shape index (κ2) is 15.6. The molecule has 1 aliphatic rings. The number of aromatic nitrogens is 3. The van der Waals surface area contributed by atoms with Gasteiger partial charge < -0.3 is 19.4 Å². The van der Waals surface area contributed by atoms with Crippen molar-refractivity contribution in [1.29, 1.82) is 0 Å². The Bertz CT molecular complexity index is 1820. The maximum absolute atomic E-state index is 12.2. The van der Waals surface area contributed by atoms with E-state index in [0.29, 0.717) is 42.2 Å². The molecule has 1 aliphatic heterocycles. The highest BCUT2D eigenvalue weighted by atomic mass is 35.5. The van der Waals surface area contributed by atoms with E-state index >= 15 is 0 Å². The number of nitrogens with one attached hydrogen (secondary N) is 2. The molecule has 0 saturated carbocycles. The van der Waals surface area contributed by atoms with E-state index < -0.39 is 5.25 Å². The van der Waals surface area contributed by atoms with E-state index in [4.69, 9.17) is 14.5 Å². The first-order valence-electron chi connectivity index (χ1n) is 14.0. The number of amides is 3. The van der Waals surface area contributed by atoms with Crippen molar-refractivity contribution in [3.05, 3.63) is 114 Å². The molecule has 1 fully saturated rings. The number of thioether (sulfide) groups is 1. The number of rotatable bonds is 11. The molecular weight excluding hydrogens is 649 g/mol. The topological polar surface area (TPSA) is 124 Å². The Hall–Kier alpha value is -4.58. The van der Waals surface area contributed by atoms with Crippen LogP contribution < -0.4 is 20.1 Å². The van der Waals surface area contributed by atoms with E-state index in [1.54, 1.807) is 24.5 Å². The molecule has 2 N–H and O–H groups in total. The van der Waals surface area contributed by atoms with E-state index in [0.717, 1.165) is 39.7 Å². The Morgan fingerprint density at radius 3 is 2.37 bits per heavy atom. The lowest BCUT2D eigenvalue weighted by molar-refractivity contribution is -0.118. The summed E-state index contributed by atoms with van der Waals surface area (Å²) in [6.07, 6.45) is 4.36. The Balaban J connectivity index is 0.00000240. The van der Waals surface area contributed by atoms with Crippen LogP contribution in [-0.2, 0) is 31.3 Å². The van der Waals surface area contributed by atoms with E-state index in [1.165, 1.54) is 0 Å². The third kappa shape index (κ3) is 8.36. The summed E-state index contributed by atoms with van der Waals surface area (Å²) in [5, 5.41) is 4.53. The molecule has 46 heavy (non-hydrogen) atoms. The average Bonchev–Trinajstić information content (AvgIpc) is 3.53. The van der Waals surface area contributed by atoms with Gasteiger partial charge in [-0.15, -0.1) is 24.8 Å². The summed E-state index contributed by atoms with van der Waals surface area (Å²) < 4.78 is 14.1. The number of ether oxygens (including phenoxy) is 2. The molecule has 6 rings (SSSR count). The van der Waals surface area contributed by atoms with Crippen LogP contribution in [0.25, 0.3) is 11.0 Å². The highest BCUT2D eigenvalue weighted by Crippen LogP contribution is 2.27. The van der Waals surface area contributed by atoms with Crippen molar-refractivity contribution in [2.75, 3.05) is 6.54 Å². The van der Waals surface area contributed by atoms with Gasteiger partial charge in [0.2, 0.25) is 5.91 Å². The van der Waals surface area contributed by atoms with Crippen LogP contribution in [0.1, 0.15) is 27.3 Å². The van der Waals surface area contributed by atoms with Crippen molar-refractivity contribution in [3.8, 4) is 17.2 Å². The van der Waals surface area contributed by atoms with E-state index in [1.807, 2.05) is 78.3 Å². The summed E-state index contributed by atoms with van der Waals surface area (Å²) in [7, 11) is 1.94.